The van der Waals surface area contributed by atoms with Gasteiger partial charge in [-0.25, -0.2) is 4.98 Å². The smallest absolute Gasteiger partial charge is 0.224 e. The van der Waals surface area contributed by atoms with Crippen molar-refractivity contribution in [2.45, 2.75) is 58.9 Å². The Morgan fingerprint density at radius 2 is 2.00 bits per heavy atom. The third-order valence-corrected chi connectivity index (χ3v) is 6.21. The first-order valence-corrected chi connectivity index (χ1v) is 11.3. The van der Waals surface area contributed by atoms with Gasteiger partial charge >= 0.3 is 0 Å². The van der Waals surface area contributed by atoms with Crippen LogP contribution in [0.1, 0.15) is 59.1 Å². The van der Waals surface area contributed by atoms with E-state index in [1.54, 1.807) is 6.20 Å². The molecule has 0 aliphatic carbocycles. The fourth-order valence-corrected chi connectivity index (χ4v) is 4.60. The Morgan fingerprint density at radius 1 is 1.13 bits per heavy atom. The minimum atomic E-state index is 0.227. The van der Waals surface area contributed by atoms with Gasteiger partial charge in [0, 0.05) is 55.8 Å². The summed E-state index contributed by atoms with van der Waals surface area (Å²) in [6, 6.07) is 13.1. The maximum Gasteiger partial charge on any atom is 0.224 e. The van der Waals surface area contributed by atoms with E-state index in [-0.39, 0.29) is 5.91 Å². The van der Waals surface area contributed by atoms with Crippen LogP contribution < -0.4 is 0 Å². The molecule has 5 nitrogen and oxygen atoms in total. The van der Waals surface area contributed by atoms with Gasteiger partial charge in [0.15, 0.2) is 0 Å². The Hall–Kier alpha value is -2.95. The topological polar surface area (TPSA) is 51.0 Å². The Balaban J connectivity index is 1.43. The zero-order valence-electron chi connectivity index (χ0n) is 18.8. The van der Waals surface area contributed by atoms with Crippen LogP contribution in [-0.4, -0.2) is 38.4 Å². The molecule has 0 saturated carbocycles. The molecule has 1 amide bonds. The Bertz CT molecular complexity index is 1060. The summed E-state index contributed by atoms with van der Waals surface area (Å²) in [5.74, 6) is 1.49. The Morgan fingerprint density at radius 3 is 2.77 bits per heavy atom. The summed E-state index contributed by atoms with van der Waals surface area (Å²) in [4.78, 5) is 24.0. The van der Waals surface area contributed by atoms with Crippen molar-refractivity contribution in [1.29, 1.82) is 0 Å². The van der Waals surface area contributed by atoms with Gasteiger partial charge in [0.25, 0.3) is 0 Å². The molecule has 0 unspecified atom stereocenters. The number of amides is 1. The number of rotatable bonds is 6. The van der Waals surface area contributed by atoms with Crippen LogP contribution in [0, 0.1) is 20.8 Å². The first-order chi connectivity index (χ1) is 15.0. The maximum atomic E-state index is 12.9. The molecule has 1 fully saturated rings. The quantitative estimate of drug-likeness (QED) is 0.590. The number of likely N-dealkylation sites (tertiary alicyclic amines) is 1. The number of imidazole rings is 1. The second-order valence-corrected chi connectivity index (χ2v) is 8.80. The van der Waals surface area contributed by atoms with Gasteiger partial charge in [-0.05, 0) is 63.3 Å². The van der Waals surface area contributed by atoms with Gasteiger partial charge in [-0.2, -0.15) is 0 Å². The van der Waals surface area contributed by atoms with Crippen LogP contribution in [0.2, 0.25) is 0 Å². The Kier molecular flexibility index (Phi) is 6.50. The van der Waals surface area contributed by atoms with Gasteiger partial charge in [-0.3, -0.25) is 9.78 Å². The summed E-state index contributed by atoms with van der Waals surface area (Å²) in [5.41, 5.74) is 6.10. The summed E-state index contributed by atoms with van der Waals surface area (Å²) in [5, 5.41) is 0. The fourth-order valence-electron chi connectivity index (χ4n) is 4.60. The monoisotopic (exact) mass is 416 g/mol. The van der Waals surface area contributed by atoms with E-state index in [1.165, 1.54) is 16.7 Å². The van der Waals surface area contributed by atoms with Gasteiger partial charge in [0.1, 0.15) is 5.82 Å². The van der Waals surface area contributed by atoms with Crippen molar-refractivity contribution in [2.24, 2.45) is 0 Å². The number of nitrogens with zero attached hydrogens (tertiary/aromatic N) is 4. The number of hydrogen-bond acceptors (Lipinski definition) is 3. The molecule has 1 aromatic carbocycles. The maximum absolute atomic E-state index is 12.9. The molecule has 162 valence electrons. The lowest BCUT2D eigenvalue weighted by molar-refractivity contribution is -0.132. The molecule has 0 radical (unpaired) electrons. The fraction of sp³-hybridized carbons (Fsp3) is 0.423. The van der Waals surface area contributed by atoms with E-state index >= 15 is 0 Å². The van der Waals surface area contributed by atoms with E-state index in [4.69, 9.17) is 4.98 Å². The normalized spacial score (nSPS) is 16.5. The van der Waals surface area contributed by atoms with Gasteiger partial charge in [0.05, 0.1) is 0 Å². The van der Waals surface area contributed by atoms with Crippen molar-refractivity contribution in [1.82, 2.24) is 19.4 Å². The summed E-state index contributed by atoms with van der Waals surface area (Å²) in [6.45, 7) is 8.48. The highest BCUT2D eigenvalue weighted by atomic mass is 16.2. The lowest BCUT2D eigenvalue weighted by Crippen LogP contribution is -2.39. The zero-order valence-corrected chi connectivity index (χ0v) is 18.8. The van der Waals surface area contributed by atoms with Crippen molar-refractivity contribution in [3.05, 3.63) is 82.7 Å². The number of carbonyl (C=O) groups excluding carboxylic acids is 1. The van der Waals surface area contributed by atoms with Crippen LogP contribution in [0.3, 0.4) is 0 Å². The number of benzene rings is 1. The molecule has 1 aliphatic heterocycles. The van der Waals surface area contributed by atoms with Crippen molar-refractivity contribution in [2.75, 3.05) is 13.1 Å². The van der Waals surface area contributed by atoms with Crippen molar-refractivity contribution in [3.8, 4) is 0 Å². The van der Waals surface area contributed by atoms with Crippen LogP contribution >= 0.6 is 0 Å². The van der Waals surface area contributed by atoms with Crippen LogP contribution in [0.15, 0.2) is 48.8 Å². The van der Waals surface area contributed by atoms with Crippen molar-refractivity contribution in [3.63, 3.8) is 0 Å². The highest BCUT2D eigenvalue weighted by Crippen LogP contribution is 2.27. The van der Waals surface area contributed by atoms with E-state index < -0.39 is 0 Å². The Labute approximate surface area is 185 Å². The molecule has 0 bridgehead atoms. The largest absolute Gasteiger partial charge is 0.342 e. The van der Waals surface area contributed by atoms with E-state index in [0.29, 0.717) is 18.9 Å². The summed E-state index contributed by atoms with van der Waals surface area (Å²) in [6.07, 6.45) is 7.28. The van der Waals surface area contributed by atoms with Gasteiger partial charge in [0.2, 0.25) is 5.91 Å². The molecule has 1 atom stereocenters. The van der Waals surface area contributed by atoms with Crippen LogP contribution in [0.5, 0.6) is 0 Å². The molecule has 0 spiro atoms. The second kappa shape index (κ2) is 9.46. The third-order valence-electron chi connectivity index (χ3n) is 6.21. The predicted octanol–water partition coefficient (Wildman–Crippen LogP) is 4.59. The molecule has 2 aromatic heterocycles. The average Bonchev–Trinajstić information content (AvgIpc) is 3.16. The van der Waals surface area contributed by atoms with Crippen LogP contribution in [-0.2, 0) is 17.8 Å². The molecule has 4 rings (SSSR count). The first-order valence-electron chi connectivity index (χ1n) is 11.3. The average molecular weight is 417 g/mol. The molecule has 1 saturated heterocycles. The number of carbonyl (C=O) groups is 1. The van der Waals surface area contributed by atoms with Crippen molar-refractivity contribution < 1.29 is 4.79 Å². The SMILES string of the molecule is Cc1cccc(Cc2cc(C)nc([C@H]3CCCN(C(=O)CCn4ccnc4C)C3)c2)c1. The molecule has 31 heavy (non-hydrogen) atoms. The summed E-state index contributed by atoms with van der Waals surface area (Å²) >= 11 is 0. The van der Waals surface area contributed by atoms with E-state index in [9.17, 15) is 4.79 Å². The highest BCUT2D eigenvalue weighted by molar-refractivity contribution is 5.76. The molecular weight excluding hydrogens is 384 g/mol. The molecule has 5 heteroatoms. The lowest BCUT2D eigenvalue weighted by Gasteiger charge is -2.33. The lowest BCUT2D eigenvalue weighted by atomic mass is 9.92. The highest BCUT2D eigenvalue weighted by Gasteiger charge is 2.26. The minimum Gasteiger partial charge on any atom is -0.342 e. The van der Waals surface area contributed by atoms with E-state index in [2.05, 4.69) is 55.2 Å². The zero-order chi connectivity index (χ0) is 21.8. The van der Waals surface area contributed by atoms with Gasteiger partial charge in [-0.15, -0.1) is 0 Å². The number of pyridine rings is 1. The molecule has 0 N–H and O–H groups in total. The van der Waals surface area contributed by atoms with Gasteiger partial charge in [-0.1, -0.05) is 29.8 Å². The number of piperidine rings is 1. The second-order valence-electron chi connectivity index (χ2n) is 8.80. The van der Waals surface area contributed by atoms with E-state index in [0.717, 1.165) is 49.6 Å². The van der Waals surface area contributed by atoms with Crippen LogP contribution in [0.25, 0.3) is 0 Å². The first kappa shape index (κ1) is 21.3. The molecule has 3 heterocycles. The summed E-state index contributed by atoms with van der Waals surface area (Å²) in [7, 11) is 0. The van der Waals surface area contributed by atoms with Crippen molar-refractivity contribution >= 4 is 5.91 Å². The molecular formula is C26H32N4O. The van der Waals surface area contributed by atoms with Gasteiger partial charge < -0.3 is 9.47 Å². The van der Waals surface area contributed by atoms with E-state index in [1.807, 2.05) is 22.6 Å². The third kappa shape index (κ3) is 5.40. The summed E-state index contributed by atoms with van der Waals surface area (Å²) < 4.78 is 2.04. The number of aryl methyl sites for hydroxylation is 4. The number of hydrogen-bond donors (Lipinski definition) is 0. The standard InChI is InChI=1S/C26H32N4O/c1-19-6-4-7-22(14-19)16-23-15-20(2)28-25(17-23)24-8-5-11-30(18-24)26(31)9-12-29-13-10-27-21(29)3/h4,6-7,10,13-15,17,24H,5,8-9,11-12,16,18H2,1-3H3/t24-/m0/s1. The minimum absolute atomic E-state index is 0.227. The predicted molar refractivity (Wildman–Crippen MR) is 123 cm³/mol. The van der Waals surface area contributed by atoms with Crippen LogP contribution in [0.4, 0.5) is 0 Å². The number of aromatic nitrogens is 3. The molecule has 3 aromatic rings. The molecule has 1 aliphatic rings.